The van der Waals surface area contributed by atoms with Gasteiger partial charge in [0.25, 0.3) is 5.56 Å². The molecule has 2 aromatic carbocycles. The van der Waals surface area contributed by atoms with E-state index in [1.807, 2.05) is 0 Å². The molecule has 0 fully saturated rings. The lowest BCUT2D eigenvalue weighted by Crippen LogP contribution is -2.16. The number of aryl methyl sites for hydroxylation is 1. The average Bonchev–Trinajstić information content (AvgIpc) is 2.68. The minimum absolute atomic E-state index is 0.0237. The minimum atomic E-state index is -1.35. The molecule has 0 spiro atoms. The molecule has 0 aliphatic carbocycles. The Labute approximate surface area is 167 Å². The van der Waals surface area contributed by atoms with Crippen molar-refractivity contribution in [2.75, 3.05) is 10.5 Å². The third kappa shape index (κ3) is 4.68. The Kier molecular flexibility index (Phi) is 6.07. The second kappa shape index (κ2) is 8.52. The summed E-state index contributed by atoms with van der Waals surface area (Å²) in [6, 6.07) is 8.10. The molecule has 1 atom stereocenters. The molecule has 9 heteroatoms. The van der Waals surface area contributed by atoms with E-state index in [-0.39, 0.29) is 22.6 Å². The van der Waals surface area contributed by atoms with E-state index in [0.717, 1.165) is 18.2 Å². The molecule has 1 N–H and O–H groups in total. The molecule has 3 aromatic rings. The Morgan fingerprint density at radius 1 is 1.00 bits per heavy atom. The highest BCUT2D eigenvalue weighted by molar-refractivity contribution is 7.86. The Bertz CT molecular complexity index is 1150. The van der Waals surface area contributed by atoms with E-state index in [1.165, 1.54) is 36.0 Å². The van der Waals surface area contributed by atoms with Crippen LogP contribution < -0.4 is 15.0 Å². The van der Waals surface area contributed by atoms with Gasteiger partial charge in [-0.25, -0.2) is 17.4 Å². The zero-order valence-electron chi connectivity index (χ0n) is 15.5. The number of hydrogen-bond donors (Lipinski definition) is 1. The fraction of sp³-hybridized carbons (Fsp3) is 0.150. The summed E-state index contributed by atoms with van der Waals surface area (Å²) in [7, 11) is 0.110. The zero-order chi connectivity index (χ0) is 21.1. The largest absolute Gasteiger partial charge is 0.454 e. The monoisotopic (exact) mass is 422 g/mol. The molecule has 1 unspecified atom stereocenters. The third-order valence-corrected chi connectivity index (χ3v) is 5.04. The highest BCUT2D eigenvalue weighted by Crippen LogP contribution is 2.37. The first-order valence-electron chi connectivity index (χ1n) is 8.57. The van der Waals surface area contributed by atoms with Gasteiger partial charge in [-0.2, -0.15) is 0 Å². The van der Waals surface area contributed by atoms with Crippen molar-refractivity contribution in [3.05, 3.63) is 76.5 Å². The SMILES string of the molecule is CCS(=O)Nc1ccc(Oc2ccc(F)cc2F)c(-c2cn(C)c(=O)cc2F)c1. The van der Waals surface area contributed by atoms with Crippen LogP contribution >= 0.6 is 0 Å². The Morgan fingerprint density at radius 2 is 1.72 bits per heavy atom. The van der Waals surface area contributed by atoms with Crippen molar-refractivity contribution in [2.24, 2.45) is 7.05 Å². The molecular formula is C20H17F3N2O3S. The van der Waals surface area contributed by atoms with Crippen LogP contribution in [0.3, 0.4) is 0 Å². The van der Waals surface area contributed by atoms with Gasteiger partial charge in [-0.3, -0.25) is 4.79 Å². The molecular weight excluding hydrogens is 405 g/mol. The number of nitrogens with one attached hydrogen (secondary N) is 1. The summed E-state index contributed by atoms with van der Waals surface area (Å²) in [5.74, 6) is -2.32. The molecule has 1 heterocycles. The summed E-state index contributed by atoms with van der Waals surface area (Å²) >= 11 is 0. The summed E-state index contributed by atoms with van der Waals surface area (Å²) in [4.78, 5) is 11.7. The standard InChI is InChI=1S/C20H17F3N2O3S/c1-3-29(27)24-13-5-7-18(28-19-6-4-12(21)8-17(19)23)14(9-13)15-11-25(2)20(26)10-16(15)22/h4-11,24H,3H2,1-2H3. The van der Waals surface area contributed by atoms with E-state index in [1.54, 1.807) is 6.92 Å². The van der Waals surface area contributed by atoms with Crippen molar-refractivity contribution in [2.45, 2.75) is 6.92 Å². The van der Waals surface area contributed by atoms with Crippen LogP contribution in [0.4, 0.5) is 18.9 Å². The number of ether oxygens (including phenoxy) is 1. The Hall–Kier alpha value is -3.07. The zero-order valence-corrected chi connectivity index (χ0v) is 16.4. The molecule has 152 valence electrons. The Balaban J connectivity index is 2.14. The smallest absolute Gasteiger partial charge is 0.253 e. The van der Waals surface area contributed by atoms with Crippen LogP contribution in [-0.2, 0) is 18.0 Å². The van der Waals surface area contributed by atoms with Crippen molar-refractivity contribution in [3.8, 4) is 22.6 Å². The van der Waals surface area contributed by atoms with Gasteiger partial charge in [-0.15, -0.1) is 0 Å². The number of benzene rings is 2. The molecule has 0 radical (unpaired) electrons. The van der Waals surface area contributed by atoms with Crippen molar-refractivity contribution >= 4 is 16.7 Å². The normalized spacial score (nSPS) is 11.9. The summed E-state index contributed by atoms with van der Waals surface area (Å²) in [5, 5.41) is 0. The van der Waals surface area contributed by atoms with Crippen LogP contribution in [0.5, 0.6) is 11.5 Å². The van der Waals surface area contributed by atoms with E-state index < -0.39 is 34.0 Å². The first kappa shape index (κ1) is 20.7. The molecule has 1 aromatic heterocycles. The van der Waals surface area contributed by atoms with Crippen molar-refractivity contribution in [1.82, 2.24) is 4.57 Å². The van der Waals surface area contributed by atoms with Crippen LogP contribution in [0.1, 0.15) is 6.92 Å². The van der Waals surface area contributed by atoms with Crippen molar-refractivity contribution in [3.63, 3.8) is 0 Å². The lowest BCUT2D eigenvalue weighted by atomic mass is 10.0. The van der Waals surface area contributed by atoms with Gasteiger partial charge in [0.15, 0.2) is 11.6 Å². The number of pyridine rings is 1. The van der Waals surface area contributed by atoms with Crippen LogP contribution in [0.15, 0.2) is 53.5 Å². The topological polar surface area (TPSA) is 60.3 Å². The first-order chi connectivity index (χ1) is 13.8. The number of aromatic nitrogens is 1. The van der Waals surface area contributed by atoms with E-state index in [0.29, 0.717) is 17.5 Å². The minimum Gasteiger partial charge on any atom is -0.454 e. The second-order valence-corrected chi connectivity index (χ2v) is 7.58. The van der Waals surface area contributed by atoms with Gasteiger partial charge in [0, 0.05) is 47.9 Å². The number of halogens is 3. The number of rotatable bonds is 6. The van der Waals surface area contributed by atoms with Crippen LogP contribution in [0, 0.1) is 17.5 Å². The van der Waals surface area contributed by atoms with Gasteiger partial charge in [0.1, 0.15) is 28.4 Å². The van der Waals surface area contributed by atoms with E-state index >= 15 is 0 Å². The van der Waals surface area contributed by atoms with Gasteiger partial charge in [0.05, 0.1) is 0 Å². The number of anilines is 1. The Morgan fingerprint density at radius 3 is 2.41 bits per heavy atom. The number of hydrogen-bond acceptors (Lipinski definition) is 3. The molecule has 0 aliphatic rings. The van der Waals surface area contributed by atoms with E-state index in [9.17, 15) is 22.2 Å². The molecule has 3 rings (SSSR count). The summed E-state index contributed by atoms with van der Waals surface area (Å²) in [6.07, 6.45) is 1.28. The van der Waals surface area contributed by atoms with E-state index in [4.69, 9.17) is 4.74 Å². The van der Waals surface area contributed by atoms with Gasteiger partial charge in [-0.1, -0.05) is 6.92 Å². The fourth-order valence-electron chi connectivity index (χ4n) is 2.58. The highest BCUT2D eigenvalue weighted by atomic mass is 32.2. The fourth-order valence-corrected chi connectivity index (χ4v) is 3.11. The van der Waals surface area contributed by atoms with Gasteiger partial charge in [0.2, 0.25) is 0 Å². The lowest BCUT2D eigenvalue weighted by molar-refractivity contribution is 0.438. The third-order valence-electron chi connectivity index (χ3n) is 4.06. The maximum Gasteiger partial charge on any atom is 0.253 e. The van der Waals surface area contributed by atoms with Gasteiger partial charge >= 0.3 is 0 Å². The molecule has 29 heavy (non-hydrogen) atoms. The molecule has 0 bridgehead atoms. The number of nitrogens with zero attached hydrogens (tertiary/aromatic N) is 1. The average molecular weight is 422 g/mol. The first-order valence-corrected chi connectivity index (χ1v) is 9.89. The van der Waals surface area contributed by atoms with Crippen LogP contribution in [0.2, 0.25) is 0 Å². The molecule has 0 saturated heterocycles. The maximum absolute atomic E-state index is 14.6. The van der Waals surface area contributed by atoms with Crippen molar-refractivity contribution in [1.29, 1.82) is 0 Å². The molecule has 0 saturated carbocycles. The lowest BCUT2D eigenvalue weighted by Gasteiger charge is -2.15. The van der Waals surface area contributed by atoms with Crippen LogP contribution in [-0.4, -0.2) is 14.5 Å². The van der Waals surface area contributed by atoms with Crippen LogP contribution in [0.25, 0.3) is 11.1 Å². The summed E-state index contributed by atoms with van der Waals surface area (Å²) in [6.45, 7) is 1.73. The molecule has 0 amide bonds. The summed E-state index contributed by atoms with van der Waals surface area (Å²) in [5.41, 5.74) is 0.0931. The summed E-state index contributed by atoms with van der Waals surface area (Å²) < 4.78 is 63.1. The van der Waals surface area contributed by atoms with E-state index in [2.05, 4.69) is 4.72 Å². The van der Waals surface area contributed by atoms with Gasteiger partial charge in [-0.05, 0) is 30.3 Å². The molecule has 0 aliphatic heterocycles. The maximum atomic E-state index is 14.6. The van der Waals surface area contributed by atoms with Gasteiger partial charge < -0.3 is 14.0 Å². The predicted octanol–water partition coefficient (Wildman–Crippen LogP) is 4.36. The molecule has 5 nitrogen and oxygen atoms in total. The van der Waals surface area contributed by atoms with Crippen molar-refractivity contribution < 1.29 is 22.1 Å². The predicted molar refractivity (Wildman–Crippen MR) is 106 cm³/mol. The highest BCUT2D eigenvalue weighted by Gasteiger charge is 2.16. The second-order valence-electron chi connectivity index (χ2n) is 6.11. The quantitative estimate of drug-likeness (QED) is 0.642.